The molecule has 6 aromatic carbocycles. The molecule has 0 aliphatic carbocycles. The smallest absolute Gasteiger partial charge is 0.138 e. The van der Waals surface area contributed by atoms with Gasteiger partial charge in [-0.25, -0.2) is 9.97 Å². The number of pyridine rings is 2. The van der Waals surface area contributed by atoms with E-state index in [0.717, 1.165) is 56.3 Å². The SMILES string of the molecule is c1ccc(-c2cc(-c3ccccc3)nc(-c3cccc(-n4c5ccccc5c5c6c7ccccc7n(-c7ccccc7)c6ccc54)n3)c2)cc1. The van der Waals surface area contributed by atoms with E-state index in [0.29, 0.717) is 0 Å². The highest BCUT2D eigenvalue weighted by atomic mass is 15.1. The summed E-state index contributed by atoms with van der Waals surface area (Å²) >= 11 is 0. The minimum absolute atomic E-state index is 0.824. The Balaban J connectivity index is 1.22. The predicted molar refractivity (Wildman–Crippen MR) is 207 cm³/mol. The van der Waals surface area contributed by atoms with Gasteiger partial charge in [-0.2, -0.15) is 0 Å². The molecule has 0 bridgehead atoms. The summed E-state index contributed by atoms with van der Waals surface area (Å²) in [4.78, 5) is 10.5. The van der Waals surface area contributed by atoms with Gasteiger partial charge in [-0.1, -0.05) is 121 Å². The summed E-state index contributed by atoms with van der Waals surface area (Å²) in [6.45, 7) is 0. The molecule has 0 amide bonds. The van der Waals surface area contributed by atoms with Crippen molar-refractivity contribution in [1.29, 1.82) is 0 Å². The zero-order chi connectivity index (χ0) is 33.0. The maximum atomic E-state index is 5.35. The van der Waals surface area contributed by atoms with Crippen LogP contribution >= 0.6 is 0 Å². The van der Waals surface area contributed by atoms with Crippen molar-refractivity contribution in [2.75, 3.05) is 0 Å². The Labute approximate surface area is 289 Å². The molecule has 50 heavy (non-hydrogen) atoms. The third kappa shape index (κ3) is 4.46. The second-order valence-electron chi connectivity index (χ2n) is 12.6. The van der Waals surface area contributed by atoms with Crippen LogP contribution < -0.4 is 0 Å². The summed E-state index contributed by atoms with van der Waals surface area (Å²) in [5, 5.41) is 4.91. The van der Waals surface area contributed by atoms with E-state index in [1.807, 2.05) is 12.1 Å². The van der Waals surface area contributed by atoms with E-state index in [9.17, 15) is 0 Å². The molecule has 10 rings (SSSR count). The van der Waals surface area contributed by atoms with Gasteiger partial charge in [0.05, 0.1) is 39.1 Å². The number of benzene rings is 6. The van der Waals surface area contributed by atoms with Gasteiger partial charge in [0.15, 0.2) is 0 Å². The largest absolute Gasteiger partial charge is 0.309 e. The Morgan fingerprint density at radius 1 is 0.320 bits per heavy atom. The van der Waals surface area contributed by atoms with Crippen molar-refractivity contribution in [1.82, 2.24) is 19.1 Å². The van der Waals surface area contributed by atoms with Crippen molar-refractivity contribution < 1.29 is 0 Å². The molecule has 0 radical (unpaired) electrons. The summed E-state index contributed by atoms with van der Waals surface area (Å²) in [7, 11) is 0. The number of nitrogens with zero attached hydrogens (tertiary/aromatic N) is 4. The van der Waals surface area contributed by atoms with E-state index in [1.165, 1.54) is 32.6 Å². The number of para-hydroxylation sites is 3. The van der Waals surface area contributed by atoms with Gasteiger partial charge in [0.1, 0.15) is 5.82 Å². The van der Waals surface area contributed by atoms with Crippen molar-refractivity contribution in [3.05, 3.63) is 182 Å². The van der Waals surface area contributed by atoms with Crippen LogP contribution in [0.25, 0.3) is 88.9 Å². The fourth-order valence-corrected chi connectivity index (χ4v) is 7.53. The zero-order valence-electron chi connectivity index (χ0n) is 27.1. The first-order valence-electron chi connectivity index (χ1n) is 16.9. The van der Waals surface area contributed by atoms with Gasteiger partial charge in [0.25, 0.3) is 0 Å². The molecule has 0 N–H and O–H groups in total. The number of hydrogen-bond donors (Lipinski definition) is 0. The highest BCUT2D eigenvalue weighted by Gasteiger charge is 2.21. The lowest BCUT2D eigenvalue weighted by molar-refractivity contribution is 1.08. The summed E-state index contributed by atoms with van der Waals surface area (Å²) in [6.07, 6.45) is 0. The van der Waals surface area contributed by atoms with Crippen LogP contribution in [0, 0.1) is 0 Å². The second kappa shape index (κ2) is 11.4. The van der Waals surface area contributed by atoms with Gasteiger partial charge in [-0.15, -0.1) is 0 Å². The van der Waals surface area contributed by atoms with Crippen LogP contribution in [0.5, 0.6) is 0 Å². The zero-order valence-corrected chi connectivity index (χ0v) is 27.1. The fourth-order valence-electron chi connectivity index (χ4n) is 7.53. The molecule has 0 saturated heterocycles. The van der Waals surface area contributed by atoms with Crippen LogP contribution in [0.1, 0.15) is 0 Å². The minimum Gasteiger partial charge on any atom is -0.309 e. The van der Waals surface area contributed by atoms with E-state index in [1.54, 1.807) is 0 Å². The van der Waals surface area contributed by atoms with E-state index in [-0.39, 0.29) is 0 Å². The first-order chi connectivity index (χ1) is 24.8. The average Bonchev–Trinajstić information content (AvgIpc) is 3.72. The molecular weight excluding hydrogens is 609 g/mol. The first kappa shape index (κ1) is 28.3. The molecule has 0 fully saturated rings. The Bertz CT molecular complexity index is 2790. The van der Waals surface area contributed by atoms with Crippen molar-refractivity contribution in [3.8, 4) is 45.3 Å². The van der Waals surface area contributed by atoms with Gasteiger partial charge in [-0.05, 0) is 71.8 Å². The lowest BCUT2D eigenvalue weighted by Crippen LogP contribution is -2.00. The van der Waals surface area contributed by atoms with Crippen molar-refractivity contribution in [3.63, 3.8) is 0 Å². The Morgan fingerprint density at radius 3 is 1.54 bits per heavy atom. The van der Waals surface area contributed by atoms with Gasteiger partial charge in [-0.3, -0.25) is 4.57 Å². The monoisotopic (exact) mass is 638 g/mol. The summed E-state index contributed by atoms with van der Waals surface area (Å²) < 4.78 is 4.69. The lowest BCUT2D eigenvalue weighted by atomic mass is 10.0. The molecule has 0 spiro atoms. The van der Waals surface area contributed by atoms with Crippen LogP contribution in [0.2, 0.25) is 0 Å². The Kier molecular flexibility index (Phi) is 6.46. The molecule has 4 aromatic heterocycles. The fraction of sp³-hybridized carbons (Fsp3) is 0. The summed E-state index contributed by atoms with van der Waals surface area (Å²) in [6, 6.07) is 64.0. The molecular formula is C46H30N4. The molecule has 10 aromatic rings. The molecule has 0 aliphatic rings. The lowest BCUT2D eigenvalue weighted by Gasteiger charge is -2.12. The number of rotatable bonds is 5. The molecule has 0 saturated carbocycles. The van der Waals surface area contributed by atoms with Crippen molar-refractivity contribution in [2.45, 2.75) is 0 Å². The van der Waals surface area contributed by atoms with Crippen LogP contribution in [0.3, 0.4) is 0 Å². The molecule has 0 atom stereocenters. The molecule has 0 aliphatic heterocycles. The van der Waals surface area contributed by atoms with Crippen LogP contribution in [-0.2, 0) is 0 Å². The molecule has 4 heteroatoms. The highest BCUT2D eigenvalue weighted by Crippen LogP contribution is 2.42. The van der Waals surface area contributed by atoms with Crippen molar-refractivity contribution >= 4 is 43.6 Å². The maximum Gasteiger partial charge on any atom is 0.138 e. The first-order valence-corrected chi connectivity index (χ1v) is 16.9. The third-order valence-electron chi connectivity index (χ3n) is 9.71. The normalized spacial score (nSPS) is 11.6. The number of hydrogen-bond acceptors (Lipinski definition) is 2. The van der Waals surface area contributed by atoms with Crippen LogP contribution in [0.4, 0.5) is 0 Å². The van der Waals surface area contributed by atoms with Crippen molar-refractivity contribution in [2.24, 2.45) is 0 Å². The number of aromatic nitrogens is 4. The second-order valence-corrected chi connectivity index (χ2v) is 12.6. The van der Waals surface area contributed by atoms with Gasteiger partial charge in [0, 0.05) is 32.8 Å². The van der Waals surface area contributed by atoms with E-state index in [4.69, 9.17) is 9.97 Å². The average molecular weight is 639 g/mol. The molecule has 4 heterocycles. The standard InChI is InChI=1S/C46H30N4/c1-4-15-31(16-5-1)33-29-38(32-17-6-2-7-18-32)47-39(30-33)37-23-14-26-44(48-37)50-41-25-13-11-22-36(41)46-43(50)28-27-42-45(46)35-21-10-12-24-40(35)49(42)34-19-8-3-9-20-34/h1-30H. The quantitative estimate of drug-likeness (QED) is 0.188. The highest BCUT2D eigenvalue weighted by molar-refractivity contribution is 6.28. The maximum absolute atomic E-state index is 5.35. The topological polar surface area (TPSA) is 35.6 Å². The minimum atomic E-state index is 0.824. The Hall–Kier alpha value is -6.78. The predicted octanol–water partition coefficient (Wildman–Crippen LogP) is 11.7. The van der Waals surface area contributed by atoms with Gasteiger partial charge < -0.3 is 4.57 Å². The molecule has 234 valence electrons. The van der Waals surface area contributed by atoms with Gasteiger partial charge >= 0.3 is 0 Å². The Morgan fingerprint density at radius 2 is 0.860 bits per heavy atom. The van der Waals surface area contributed by atoms with E-state index >= 15 is 0 Å². The summed E-state index contributed by atoms with van der Waals surface area (Å²) in [5.41, 5.74) is 11.7. The van der Waals surface area contributed by atoms with E-state index < -0.39 is 0 Å². The van der Waals surface area contributed by atoms with Crippen LogP contribution in [-0.4, -0.2) is 19.1 Å². The van der Waals surface area contributed by atoms with Gasteiger partial charge in [0.2, 0.25) is 0 Å². The van der Waals surface area contributed by atoms with E-state index in [2.05, 4.69) is 179 Å². The summed E-state index contributed by atoms with van der Waals surface area (Å²) in [5.74, 6) is 0.855. The third-order valence-corrected chi connectivity index (χ3v) is 9.71. The van der Waals surface area contributed by atoms with Crippen LogP contribution in [0.15, 0.2) is 182 Å². The molecule has 0 unspecified atom stereocenters. The molecule has 4 nitrogen and oxygen atoms in total. The number of fused-ring (bicyclic) bond motifs is 7.